The van der Waals surface area contributed by atoms with Gasteiger partial charge in [-0.1, -0.05) is 0 Å². The monoisotopic (exact) mass is 422 g/mol. The zero-order valence-corrected chi connectivity index (χ0v) is 18.6. The van der Waals surface area contributed by atoms with Crippen LogP contribution in [0.25, 0.3) is 0 Å². The summed E-state index contributed by atoms with van der Waals surface area (Å²) >= 11 is 0. The maximum Gasteiger partial charge on any atom is 0.122 e. The number of aromatic nitrogens is 1. The Bertz CT molecular complexity index is 986. The van der Waals surface area contributed by atoms with E-state index in [1.54, 1.807) is 28.4 Å². The predicted octanol–water partition coefficient (Wildman–Crippen LogP) is 4.52. The lowest BCUT2D eigenvalue weighted by Crippen LogP contribution is -2.29. The van der Waals surface area contributed by atoms with Crippen LogP contribution in [0, 0.1) is 0 Å². The Hall–Kier alpha value is -3.12. The second kappa shape index (κ2) is 9.35. The highest BCUT2D eigenvalue weighted by Gasteiger charge is 2.28. The highest BCUT2D eigenvalue weighted by Crippen LogP contribution is 2.37. The Morgan fingerprint density at radius 2 is 1.35 bits per heavy atom. The molecule has 31 heavy (non-hydrogen) atoms. The molecule has 2 heterocycles. The molecule has 0 saturated carbocycles. The van der Waals surface area contributed by atoms with E-state index in [2.05, 4.69) is 52.1 Å². The molecule has 6 nitrogen and oxygen atoms in total. The van der Waals surface area contributed by atoms with Gasteiger partial charge in [-0.2, -0.15) is 0 Å². The number of rotatable bonds is 7. The van der Waals surface area contributed by atoms with E-state index in [9.17, 15) is 0 Å². The number of nitrogens with zero attached hydrogens (tertiary/aromatic N) is 2. The van der Waals surface area contributed by atoms with Crippen molar-refractivity contribution in [1.82, 2.24) is 9.47 Å². The summed E-state index contributed by atoms with van der Waals surface area (Å²) in [5, 5.41) is 0. The lowest BCUT2D eigenvalue weighted by atomic mass is 10.00. The zero-order chi connectivity index (χ0) is 21.8. The van der Waals surface area contributed by atoms with Crippen LogP contribution >= 0.6 is 0 Å². The molecule has 2 aromatic carbocycles. The van der Waals surface area contributed by atoms with E-state index in [0.717, 1.165) is 60.2 Å². The Labute approximate surface area is 183 Å². The lowest BCUT2D eigenvalue weighted by molar-refractivity contribution is 0.219. The minimum Gasteiger partial charge on any atom is -0.497 e. The minimum absolute atomic E-state index is 0.0682. The van der Waals surface area contributed by atoms with Gasteiger partial charge in [0.25, 0.3) is 0 Å². The molecule has 1 aliphatic heterocycles. The maximum atomic E-state index is 5.56. The number of fused-ring (bicyclic) bond motifs is 1. The van der Waals surface area contributed by atoms with E-state index in [1.165, 1.54) is 5.69 Å². The Morgan fingerprint density at radius 3 is 1.94 bits per heavy atom. The molecule has 0 saturated heterocycles. The molecule has 4 rings (SSSR count). The summed E-state index contributed by atoms with van der Waals surface area (Å²) < 4.78 is 24.5. The second-order valence-corrected chi connectivity index (χ2v) is 7.72. The molecule has 0 fully saturated rings. The van der Waals surface area contributed by atoms with E-state index in [0.29, 0.717) is 0 Å². The summed E-state index contributed by atoms with van der Waals surface area (Å²) in [6.07, 6.45) is 3.23. The van der Waals surface area contributed by atoms with Crippen LogP contribution in [0.4, 0.5) is 0 Å². The van der Waals surface area contributed by atoms with E-state index >= 15 is 0 Å². The first-order valence-corrected chi connectivity index (χ1v) is 10.5. The number of hydrogen-bond acceptors (Lipinski definition) is 5. The normalized spacial score (nSPS) is 16.3. The SMILES string of the molecule is COc1cc(CN2CCCn3cccc3C2c2cc(OC)cc(OC)c2)cc(OC)c1. The minimum atomic E-state index is 0.0682. The number of hydrogen-bond donors (Lipinski definition) is 0. The molecule has 6 heteroatoms. The van der Waals surface area contributed by atoms with Crippen molar-refractivity contribution in [2.45, 2.75) is 25.6 Å². The molecular formula is C25H30N2O4. The van der Waals surface area contributed by atoms with Gasteiger partial charge < -0.3 is 23.5 Å². The lowest BCUT2D eigenvalue weighted by Gasteiger charge is -2.31. The van der Waals surface area contributed by atoms with Crippen LogP contribution in [0.1, 0.15) is 29.3 Å². The molecule has 0 N–H and O–H groups in total. The van der Waals surface area contributed by atoms with Crippen LogP contribution < -0.4 is 18.9 Å². The fourth-order valence-electron chi connectivity index (χ4n) is 4.37. The summed E-state index contributed by atoms with van der Waals surface area (Å²) in [6, 6.07) is 16.6. The smallest absolute Gasteiger partial charge is 0.122 e. The van der Waals surface area contributed by atoms with Gasteiger partial charge in [0.2, 0.25) is 0 Å². The Morgan fingerprint density at radius 1 is 0.774 bits per heavy atom. The third-order valence-corrected chi connectivity index (χ3v) is 5.84. The largest absolute Gasteiger partial charge is 0.497 e. The average molecular weight is 423 g/mol. The van der Waals surface area contributed by atoms with Crippen LogP contribution in [0.3, 0.4) is 0 Å². The molecule has 164 valence electrons. The van der Waals surface area contributed by atoms with Gasteiger partial charge in [-0.15, -0.1) is 0 Å². The van der Waals surface area contributed by atoms with Crippen molar-refractivity contribution in [1.29, 1.82) is 0 Å². The van der Waals surface area contributed by atoms with E-state index in [4.69, 9.17) is 18.9 Å². The first-order chi connectivity index (χ1) is 15.1. The fourth-order valence-corrected chi connectivity index (χ4v) is 4.37. The first kappa shape index (κ1) is 21.1. The van der Waals surface area contributed by atoms with E-state index in [-0.39, 0.29) is 6.04 Å². The third-order valence-electron chi connectivity index (χ3n) is 5.84. The van der Waals surface area contributed by atoms with Gasteiger partial charge in [-0.05, 0) is 53.9 Å². The van der Waals surface area contributed by atoms with Gasteiger partial charge in [-0.3, -0.25) is 4.90 Å². The molecule has 0 spiro atoms. The van der Waals surface area contributed by atoms with Crippen molar-refractivity contribution >= 4 is 0 Å². The first-order valence-electron chi connectivity index (χ1n) is 10.5. The summed E-state index contributed by atoms with van der Waals surface area (Å²) in [5.41, 5.74) is 3.56. The molecule has 0 aliphatic carbocycles. The number of methoxy groups -OCH3 is 4. The third kappa shape index (κ3) is 4.49. The van der Waals surface area contributed by atoms with Crippen LogP contribution in [-0.4, -0.2) is 44.5 Å². The van der Waals surface area contributed by atoms with Crippen LogP contribution in [0.15, 0.2) is 54.7 Å². The molecule has 0 radical (unpaired) electrons. The van der Waals surface area contributed by atoms with Gasteiger partial charge in [0.15, 0.2) is 0 Å². The topological polar surface area (TPSA) is 45.1 Å². The predicted molar refractivity (Wildman–Crippen MR) is 120 cm³/mol. The van der Waals surface area contributed by atoms with Crippen molar-refractivity contribution in [3.63, 3.8) is 0 Å². The highest BCUT2D eigenvalue weighted by molar-refractivity contribution is 5.43. The fraction of sp³-hybridized carbons (Fsp3) is 0.360. The molecule has 3 aromatic rings. The zero-order valence-electron chi connectivity index (χ0n) is 18.6. The van der Waals surface area contributed by atoms with Crippen LogP contribution in [-0.2, 0) is 13.1 Å². The van der Waals surface area contributed by atoms with Gasteiger partial charge in [0, 0.05) is 43.7 Å². The van der Waals surface area contributed by atoms with Crippen molar-refractivity contribution in [2.75, 3.05) is 35.0 Å². The molecule has 1 aliphatic rings. The van der Waals surface area contributed by atoms with Crippen molar-refractivity contribution in [2.24, 2.45) is 0 Å². The van der Waals surface area contributed by atoms with Gasteiger partial charge >= 0.3 is 0 Å². The van der Waals surface area contributed by atoms with Gasteiger partial charge in [0.1, 0.15) is 23.0 Å². The van der Waals surface area contributed by atoms with Crippen molar-refractivity contribution in [3.8, 4) is 23.0 Å². The number of benzene rings is 2. The molecule has 1 aromatic heterocycles. The molecule has 1 atom stereocenters. The van der Waals surface area contributed by atoms with Crippen LogP contribution in [0.5, 0.6) is 23.0 Å². The number of ether oxygens (including phenoxy) is 4. The quantitative estimate of drug-likeness (QED) is 0.560. The highest BCUT2D eigenvalue weighted by atomic mass is 16.5. The van der Waals surface area contributed by atoms with Gasteiger partial charge in [0.05, 0.1) is 34.5 Å². The molecule has 0 bridgehead atoms. The molecule has 0 amide bonds. The van der Waals surface area contributed by atoms with E-state index < -0.39 is 0 Å². The Kier molecular flexibility index (Phi) is 6.37. The van der Waals surface area contributed by atoms with Gasteiger partial charge in [-0.25, -0.2) is 0 Å². The van der Waals surface area contributed by atoms with Crippen LogP contribution in [0.2, 0.25) is 0 Å². The number of aryl methyl sites for hydroxylation is 1. The summed E-state index contributed by atoms with van der Waals surface area (Å²) in [7, 11) is 6.74. The maximum absolute atomic E-state index is 5.56. The Balaban J connectivity index is 1.78. The van der Waals surface area contributed by atoms with Crippen molar-refractivity contribution < 1.29 is 18.9 Å². The standard InChI is InChI=1S/C25H30N2O4/c1-28-20-11-18(12-21(15-20)29-2)17-27-10-6-9-26-8-5-7-24(26)25(27)19-13-22(30-3)16-23(14-19)31-4/h5,7-8,11-16,25H,6,9-10,17H2,1-4H3. The van der Waals surface area contributed by atoms with E-state index in [1.807, 2.05) is 12.1 Å². The molecular weight excluding hydrogens is 392 g/mol. The summed E-state index contributed by atoms with van der Waals surface area (Å²) in [6.45, 7) is 2.73. The molecule has 1 unspecified atom stereocenters. The van der Waals surface area contributed by atoms with Crippen molar-refractivity contribution in [3.05, 3.63) is 71.5 Å². The second-order valence-electron chi connectivity index (χ2n) is 7.72. The summed E-state index contributed by atoms with van der Waals surface area (Å²) in [4.78, 5) is 2.50. The average Bonchev–Trinajstić information content (AvgIpc) is 3.19. The summed E-state index contributed by atoms with van der Waals surface area (Å²) in [5.74, 6) is 3.18.